The van der Waals surface area contributed by atoms with Crippen LogP contribution in [0.15, 0.2) is 66.7 Å². The molecule has 3 aromatic rings. The van der Waals surface area contributed by atoms with Crippen molar-refractivity contribution in [2.24, 2.45) is 0 Å². The van der Waals surface area contributed by atoms with Crippen molar-refractivity contribution < 1.29 is 4.79 Å². The van der Waals surface area contributed by atoms with Gasteiger partial charge in [0.05, 0.1) is 11.6 Å². The second-order valence-electron chi connectivity index (χ2n) is 8.09. The van der Waals surface area contributed by atoms with E-state index in [0.717, 1.165) is 48.6 Å². The summed E-state index contributed by atoms with van der Waals surface area (Å²) in [5, 5.41) is 8.87. The summed E-state index contributed by atoms with van der Waals surface area (Å²) in [4.78, 5) is 17.8. The summed E-state index contributed by atoms with van der Waals surface area (Å²) in [7, 11) is 0. The molecule has 5 heteroatoms. The molecule has 0 atom stereocenters. The maximum atomic E-state index is 13.6. The van der Waals surface area contributed by atoms with Crippen molar-refractivity contribution in [3.8, 4) is 0 Å². The van der Waals surface area contributed by atoms with E-state index in [4.69, 9.17) is 0 Å². The van der Waals surface area contributed by atoms with Gasteiger partial charge in [-0.05, 0) is 42.0 Å². The molecule has 2 aromatic carbocycles. The van der Waals surface area contributed by atoms with Gasteiger partial charge >= 0.3 is 0 Å². The summed E-state index contributed by atoms with van der Waals surface area (Å²) >= 11 is 0. The SMILES string of the molecule is O=C(C(c1ccccc1)c1ccccc1)N1CCN(c2cc3c(nn2)CCC3)CC1. The van der Waals surface area contributed by atoms with Gasteiger partial charge in [-0.2, -0.15) is 5.10 Å². The first kappa shape index (κ1) is 18.8. The summed E-state index contributed by atoms with van der Waals surface area (Å²) in [5.41, 5.74) is 4.58. The minimum Gasteiger partial charge on any atom is -0.352 e. The topological polar surface area (TPSA) is 49.3 Å². The summed E-state index contributed by atoms with van der Waals surface area (Å²) in [5.74, 6) is 0.858. The number of carbonyl (C=O) groups is 1. The van der Waals surface area contributed by atoms with Crippen LogP contribution in [0.25, 0.3) is 0 Å². The average Bonchev–Trinajstić information content (AvgIpc) is 3.29. The van der Waals surface area contributed by atoms with Gasteiger partial charge in [-0.15, -0.1) is 5.10 Å². The number of piperazine rings is 1. The lowest BCUT2D eigenvalue weighted by atomic mass is 9.90. The van der Waals surface area contributed by atoms with Crippen molar-refractivity contribution >= 4 is 11.7 Å². The van der Waals surface area contributed by atoms with Crippen molar-refractivity contribution in [1.82, 2.24) is 15.1 Å². The molecule has 1 aromatic heterocycles. The van der Waals surface area contributed by atoms with Crippen molar-refractivity contribution in [3.63, 3.8) is 0 Å². The molecular weight excluding hydrogens is 372 g/mol. The first-order valence-corrected chi connectivity index (χ1v) is 10.8. The van der Waals surface area contributed by atoms with Gasteiger partial charge in [-0.3, -0.25) is 4.79 Å². The largest absolute Gasteiger partial charge is 0.352 e. The third-order valence-corrected chi connectivity index (χ3v) is 6.23. The predicted octanol–water partition coefficient (Wildman–Crippen LogP) is 3.45. The Balaban J connectivity index is 1.32. The van der Waals surface area contributed by atoms with Gasteiger partial charge in [0.15, 0.2) is 5.82 Å². The average molecular weight is 399 g/mol. The van der Waals surface area contributed by atoms with Crippen LogP contribution in [0.1, 0.15) is 34.7 Å². The van der Waals surface area contributed by atoms with E-state index in [9.17, 15) is 4.79 Å². The zero-order valence-electron chi connectivity index (χ0n) is 17.1. The van der Waals surface area contributed by atoms with Gasteiger partial charge in [-0.1, -0.05) is 60.7 Å². The molecule has 5 nitrogen and oxygen atoms in total. The van der Waals surface area contributed by atoms with Gasteiger partial charge < -0.3 is 9.80 Å². The highest BCUT2D eigenvalue weighted by molar-refractivity contribution is 5.87. The number of amides is 1. The third kappa shape index (κ3) is 3.67. The monoisotopic (exact) mass is 398 g/mol. The van der Waals surface area contributed by atoms with Crippen molar-refractivity contribution in [1.29, 1.82) is 0 Å². The summed E-state index contributed by atoms with van der Waals surface area (Å²) in [6.45, 7) is 2.98. The zero-order chi connectivity index (χ0) is 20.3. The van der Waals surface area contributed by atoms with Crippen LogP contribution in [0, 0.1) is 0 Å². The van der Waals surface area contributed by atoms with Crippen molar-refractivity contribution in [2.45, 2.75) is 25.2 Å². The van der Waals surface area contributed by atoms with E-state index >= 15 is 0 Å². The molecule has 1 saturated heterocycles. The van der Waals surface area contributed by atoms with Crippen LogP contribution in [-0.4, -0.2) is 47.2 Å². The highest BCUT2D eigenvalue weighted by Crippen LogP contribution is 2.28. The summed E-state index contributed by atoms with van der Waals surface area (Å²) in [6, 6.07) is 22.4. The fraction of sp³-hybridized carbons (Fsp3) is 0.320. The number of hydrogen-bond acceptors (Lipinski definition) is 4. The van der Waals surface area contributed by atoms with Crippen LogP contribution >= 0.6 is 0 Å². The number of nitrogens with zero attached hydrogens (tertiary/aromatic N) is 4. The van der Waals surface area contributed by atoms with Crippen molar-refractivity contribution in [3.05, 3.63) is 89.1 Å². The standard InChI is InChI=1S/C25H26N4O/c30-25(24(19-8-3-1-4-9-19)20-10-5-2-6-11-20)29-16-14-28(15-17-29)23-18-21-12-7-13-22(21)26-27-23/h1-6,8-11,18,24H,7,12-17H2. The number of aromatic nitrogens is 2. The lowest BCUT2D eigenvalue weighted by Crippen LogP contribution is -2.50. The molecule has 30 heavy (non-hydrogen) atoms. The highest BCUT2D eigenvalue weighted by Gasteiger charge is 2.30. The van der Waals surface area contributed by atoms with E-state index in [2.05, 4.69) is 21.2 Å². The Kier molecular flexibility index (Phi) is 5.18. The molecule has 0 radical (unpaired) electrons. The summed E-state index contributed by atoms with van der Waals surface area (Å²) in [6.07, 6.45) is 3.33. The van der Waals surface area contributed by atoms with Crippen LogP contribution in [-0.2, 0) is 17.6 Å². The molecule has 2 heterocycles. The molecule has 0 N–H and O–H groups in total. The number of carbonyl (C=O) groups excluding carboxylic acids is 1. The normalized spacial score (nSPS) is 16.0. The van der Waals surface area contributed by atoms with Gasteiger partial charge in [0, 0.05) is 26.2 Å². The van der Waals surface area contributed by atoms with E-state index in [1.165, 1.54) is 12.0 Å². The Morgan fingerprint density at radius 3 is 2.07 bits per heavy atom. The molecule has 0 saturated carbocycles. The second kappa shape index (κ2) is 8.27. The Labute approximate surface area is 177 Å². The van der Waals surface area contributed by atoms with E-state index in [1.807, 2.05) is 65.6 Å². The number of benzene rings is 2. The molecule has 1 amide bonds. The van der Waals surface area contributed by atoms with Gasteiger partial charge in [0.2, 0.25) is 5.91 Å². The lowest BCUT2D eigenvalue weighted by Gasteiger charge is -2.37. The number of anilines is 1. The van der Waals surface area contributed by atoms with E-state index in [1.54, 1.807) is 0 Å². The maximum Gasteiger partial charge on any atom is 0.234 e. The molecule has 0 unspecified atom stereocenters. The van der Waals surface area contributed by atoms with Gasteiger partial charge in [0.1, 0.15) is 0 Å². The minimum atomic E-state index is -0.265. The fourth-order valence-electron chi connectivity index (χ4n) is 4.58. The van der Waals surface area contributed by atoms with Crippen LogP contribution in [0.3, 0.4) is 0 Å². The number of aryl methyl sites for hydroxylation is 2. The third-order valence-electron chi connectivity index (χ3n) is 6.23. The first-order chi connectivity index (χ1) is 14.8. The van der Waals surface area contributed by atoms with Crippen LogP contribution < -0.4 is 4.90 Å². The van der Waals surface area contributed by atoms with E-state index in [-0.39, 0.29) is 11.8 Å². The van der Waals surface area contributed by atoms with E-state index in [0.29, 0.717) is 13.1 Å². The van der Waals surface area contributed by atoms with Crippen LogP contribution in [0.4, 0.5) is 5.82 Å². The molecule has 1 aliphatic heterocycles. The van der Waals surface area contributed by atoms with Crippen LogP contribution in [0.2, 0.25) is 0 Å². The Morgan fingerprint density at radius 1 is 0.800 bits per heavy atom. The molecule has 5 rings (SSSR count). The Bertz CT molecular complexity index is 974. The lowest BCUT2D eigenvalue weighted by molar-refractivity contribution is -0.132. The van der Waals surface area contributed by atoms with Crippen LogP contribution in [0.5, 0.6) is 0 Å². The molecule has 1 fully saturated rings. The van der Waals surface area contributed by atoms with E-state index < -0.39 is 0 Å². The highest BCUT2D eigenvalue weighted by atomic mass is 16.2. The maximum absolute atomic E-state index is 13.6. The molecule has 0 spiro atoms. The number of fused-ring (bicyclic) bond motifs is 1. The summed E-state index contributed by atoms with van der Waals surface area (Å²) < 4.78 is 0. The predicted molar refractivity (Wildman–Crippen MR) is 118 cm³/mol. The molecule has 152 valence electrons. The molecule has 0 bridgehead atoms. The molecule has 2 aliphatic rings. The van der Waals surface area contributed by atoms with Gasteiger partial charge in [0.25, 0.3) is 0 Å². The first-order valence-electron chi connectivity index (χ1n) is 10.8. The quantitative estimate of drug-likeness (QED) is 0.676. The number of rotatable bonds is 4. The Hall–Kier alpha value is -3.21. The zero-order valence-corrected chi connectivity index (χ0v) is 17.1. The minimum absolute atomic E-state index is 0.173. The smallest absolute Gasteiger partial charge is 0.234 e. The van der Waals surface area contributed by atoms with Crippen molar-refractivity contribution in [2.75, 3.05) is 31.1 Å². The molecular formula is C25H26N4O. The second-order valence-corrected chi connectivity index (χ2v) is 8.09. The number of hydrogen-bond donors (Lipinski definition) is 0. The Morgan fingerprint density at radius 2 is 1.43 bits per heavy atom. The molecule has 1 aliphatic carbocycles. The fourth-order valence-corrected chi connectivity index (χ4v) is 4.58. The van der Waals surface area contributed by atoms with Gasteiger partial charge in [-0.25, -0.2) is 0 Å².